The Labute approximate surface area is 205 Å². The normalized spacial score (nSPS) is 21.4. The summed E-state index contributed by atoms with van der Waals surface area (Å²) in [6, 6.07) is 11.4. The molecule has 2 heterocycles. The molecule has 0 saturated carbocycles. The summed E-state index contributed by atoms with van der Waals surface area (Å²) in [6.07, 6.45) is 2.46. The number of carbonyl (C=O) groups is 1. The van der Waals surface area contributed by atoms with Crippen molar-refractivity contribution in [1.82, 2.24) is 14.1 Å². The van der Waals surface area contributed by atoms with Crippen LogP contribution >= 0.6 is 22.6 Å². The number of fused-ring (bicyclic) bond motifs is 1. The lowest BCUT2D eigenvalue weighted by Gasteiger charge is -2.38. The highest BCUT2D eigenvalue weighted by Crippen LogP contribution is 2.29. The Hall–Kier alpha value is -1.23. The van der Waals surface area contributed by atoms with E-state index in [1.165, 1.54) is 9.87 Å². The number of amides is 1. The largest absolute Gasteiger partial charge is 0.338 e. The first-order chi connectivity index (χ1) is 15.2. The number of piperidine rings is 1. The molecular weight excluding hydrogens is 537 g/mol. The van der Waals surface area contributed by atoms with Crippen LogP contribution in [0, 0.1) is 0 Å². The van der Waals surface area contributed by atoms with Crippen LogP contribution in [0.25, 0.3) is 10.8 Å². The minimum absolute atomic E-state index is 0.0495. The minimum atomic E-state index is -3.76. The highest BCUT2D eigenvalue weighted by molar-refractivity contribution is 14.1. The SMILES string of the molecule is CC(C)N1CCC(N2CC[C@H](N(C)S(=O)(=O)c3ccc4cc(CI)ccc4c3)C2=O)CC1. The maximum atomic E-state index is 13.4. The van der Waals surface area contributed by atoms with Crippen LogP contribution < -0.4 is 0 Å². The van der Waals surface area contributed by atoms with Crippen LogP contribution in [0.1, 0.15) is 38.7 Å². The average molecular weight is 570 g/mol. The number of hydrogen-bond acceptors (Lipinski definition) is 4. The minimum Gasteiger partial charge on any atom is -0.338 e. The Balaban J connectivity index is 1.49. The molecule has 2 saturated heterocycles. The molecule has 2 aromatic carbocycles. The number of nitrogens with zero attached hydrogens (tertiary/aromatic N) is 3. The number of alkyl halides is 1. The molecular formula is C24H32IN3O3S. The van der Waals surface area contributed by atoms with E-state index in [4.69, 9.17) is 0 Å². The first-order valence-electron chi connectivity index (χ1n) is 11.3. The number of hydrogen-bond donors (Lipinski definition) is 0. The molecule has 0 unspecified atom stereocenters. The second-order valence-corrected chi connectivity index (χ2v) is 12.0. The van der Waals surface area contributed by atoms with Crippen LogP contribution in [0.3, 0.4) is 0 Å². The van der Waals surface area contributed by atoms with Gasteiger partial charge in [0.25, 0.3) is 0 Å². The average Bonchev–Trinajstić information content (AvgIpc) is 3.18. The number of rotatable bonds is 6. The molecule has 0 radical (unpaired) electrons. The fourth-order valence-corrected chi connectivity index (χ4v) is 6.80. The zero-order chi connectivity index (χ0) is 23.0. The van der Waals surface area contributed by atoms with E-state index in [2.05, 4.69) is 47.4 Å². The lowest BCUT2D eigenvalue weighted by atomic mass is 10.0. The van der Waals surface area contributed by atoms with E-state index in [0.717, 1.165) is 41.1 Å². The van der Waals surface area contributed by atoms with Crippen LogP contribution in [0.4, 0.5) is 0 Å². The van der Waals surface area contributed by atoms with Gasteiger partial charge in [-0.3, -0.25) is 4.79 Å². The van der Waals surface area contributed by atoms with Crippen LogP contribution in [-0.2, 0) is 19.2 Å². The second-order valence-electron chi connectivity index (χ2n) is 9.20. The number of benzene rings is 2. The van der Waals surface area contributed by atoms with Gasteiger partial charge in [-0.15, -0.1) is 0 Å². The second kappa shape index (κ2) is 9.56. The molecule has 174 valence electrons. The summed E-state index contributed by atoms with van der Waals surface area (Å²) in [4.78, 5) is 17.8. The summed E-state index contributed by atoms with van der Waals surface area (Å²) in [5, 5.41) is 1.92. The fraction of sp³-hybridized carbons (Fsp3) is 0.542. The van der Waals surface area contributed by atoms with Gasteiger partial charge in [0.1, 0.15) is 6.04 Å². The molecule has 4 rings (SSSR count). The summed E-state index contributed by atoms with van der Waals surface area (Å²) in [5.74, 6) is -0.0495. The van der Waals surface area contributed by atoms with Crippen molar-refractivity contribution in [1.29, 1.82) is 0 Å². The Morgan fingerprint density at radius 3 is 2.34 bits per heavy atom. The summed E-state index contributed by atoms with van der Waals surface area (Å²) in [6.45, 7) is 7.01. The first-order valence-corrected chi connectivity index (χ1v) is 14.3. The summed E-state index contributed by atoms with van der Waals surface area (Å²) >= 11 is 2.32. The van der Waals surface area contributed by atoms with E-state index in [9.17, 15) is 13.2 Å². The number of halogens is 1. The summed E-state index contributed by atoms with van der Waals surface area (Å²) in [7, 11) is -2.21. The molecule has 2 fully saturated rings. The van der Waals surface area contributed by atoms with Crippen molar-refractivity contribution in [2.75, 3.05) is 26.7 Å². The monoisotopic (exact) mass is 569 g/mol. The predicted molar refractivity (Wildman–Crippen MR) is 136 cm³/mol. The van der Waals surface area contributed by atoms with Crippen molar-refractivity contribution in [3.8, 4) is 0 Å². The van der Waals surface area contributed by atoms with Gasteiger partial charge in [-0.2, -0.15) is 4.31 Å². The van der Waals surface area contributed by atoms with E-state index < -0.39 is 16.1 Å². The molecule has 0 aromatic heterocycles. The zero-order valence-corrected chi connectivity index (χ0v) is 22.0. The van der Waals surface area contributed by atoms with Crippen molar-refractivity contribution in [3.05, 3.63) is 42.0 Å². The van der Waals surface area contributed by atoms with Crippen LogP contribution in [0.2, 0.25) is 0 Å². The lowest BCUT2D eigenvalue weighted by Crippen LogP contribution is -2.49. The van der Waals surface area contributed by atoms with Gasteiger partial charge in [0.05, 0.1) is 4.90 Å². The molecule has 32 heavy (non-hydrogen) atoms. The van der Waals surface area contributed by atoms with Crippen LogP contribution in [-0.4, -0.2) is 73.2 Å². The van der Waals surface area contributed by atoms with Gasteiger partial charge in [-0.05, 0) is 61.6 Å². The van der Waals surface area contributed by atoms with E-state index >= 15 is 0 Å². The molecule has 0 N–H and O–H groups in total. The van der Waals surface area contributed by atoms with Gasteiger partial charge in [0.15, 0.2) is 0 Å². The standard InChI is InChI=1S/C24H32IN3O3S/c1-17(2)27-11-8-21(9-12-27)28-13-10-23(24(28)29)26(3)32(30,31)22-7-6-19-14-18(16-25)4-5-20(19)15-22/h4-7,14-15,17,21,23H,8-13,16H2,1-3H3/t23-/m0/s1. The Kier molecular flexibility index (Phi) is 7.14. The highest BCUT2D eigenvalue weighted by Gasteiger charge is 2.42. The Bertz CT molecular complexity index is 1100. The van der Waals surface area contributed by atoms with Gasteiger partial charge in [-0.1, -0.05) is 46.9 Å². The molecule has 1 amide bonds. The zero-order valence-electron chi connectivity index (χ0n) is 19.0. The molecule has 2 aromatic rings. The van der Waals surface area contributed by atoms with Crippen molar-refractivity contribution < 1.29 is 13.2 Å². The topological polar surface area (TPSA) is 60.9 Å². The maximum Gasteiger partial charge on any atom is 0.243 e. The molecule has 6 nitrogen and oxygen atoms in total. The van der Waals surface area contributed by atoms with E-state index in [1.807, 2.05) is 23.1 Å². The van der Waals surface area contributed by atoms with Crippen LogP contribution in [0.5, 0.6) is 0 Å². The van der Waals surface area contributed by atoms with E-state index in [0.29, 0.717) is 19.0 Å². The molecule has 2 aliphatic rings. The number of likely N-dealkylation sites (N-methyl/N-ethyl adjacent to an activating group) is 1. The van der Waals surface area contributed by atoms with Gasteiger partial charge in [0.2, 0.25) is 15.9 Å². The molecule has 0 aliphatic carbocycles. The molecule has 1 atom stereocenters. The quantitative estimate of drug-likeness (QED) is 0.392. The lowest BCUT2D eigenvalue weighted by molar-refractivity contribution is -0.133. The molecule has 8 heteroatoms. The smallest absolute Gasteiger partial charge is 0.243 e. The maximum absolute atomic E-state index is 13.4. The third-order valence-corrected chi connectivity index (χ3v) is 9.77. The highest BCUT2D eigenvalue weighted by atomic mass is 127. The van der Waals surface area contributed by atoms with Crippen molar-refractivity contribution in [2.24, 2.45) is 0 Å². The molecule has 2 aliphatic heterocycles. The fourth-order valence-electron chi connectivity index (χ4n) is 4.95. The number of likely N-dealkylation sites (tertiary alicyclic amines) is 2. The number of carbonyl (C=O) groups excluding carboxylic acids is 1. The van der Waals surface area contributed by atoms with Crippen LogP contribution in [0.15, 0.2) is 41.3 Å². The molecule has 0 bridgehead atoms. The first kappa shape index (κ1) is 23.9. The summed E-state index contributed by atoms with van der Waals surface area (Å²) in [5.41, 5.74) is 1.21. The predicted octanol–water partition coefficient (Wildman–Crippen LogP) is 3.87. The van der Waals surface area contributed by atoms with Crippen molar-refractivity contribution in [3.63, 3.8) is 0 Å². The van der Waals surface area contributed by atoms with E-state index in [1.54, 1.807) is 19.2 Å². The summed E-state index contributed by atoms with van der Waals surface area (Å²) < 4.78 is 29.0. The van der Waals surface area contributed by atoms with Crippen molar-refractivity contribution in [2.45, 2.75) is 60.6 Å². The van der Waals surface area contributed by atoms with Crippen molar-refractivity contribution >= 4 is 49.3 Å². The van der Waals surface area contributed by atoms with Gasteiger partial charge >= 0.3 is 0 Å². The van der Waals surface area contributed by atoms with Gasteiger partial charge in [0, 0.05) is 43.2 Å². The molecule has 0 spiro atoms. The van der Waals surface area contributed by atoms with E-state index in [-0.39, 0.29) is 16.8 Å². The van der Waals surface area contributed by atoms with Gasteiger partial charge in [-0.25, -0.2) is 8.42 Å². The van der Waals surface area contributed by atoms with Gasteiger partial charge < -0.3 is 9.80 Å². The number of sulfonamides is 1. The Morgan fingerprint density at radius 2 is 1.69 bits per heavy atom. The third kappa shape index (κ3) is 4.56. The third-order valence-electron chi connectivity index (χ3n) is 7.03. The Morgan fingerprint density at radius 1 is 1.03 bits per heavy atom.